The number of fused-ring (bicyclic) bond motifs is 2. The Morgan fingerprint density at radius 3 is 2.42 bits per heavy atom. The van der Waals surface area contributed by atoms with E-state index in [2.05, 4.69) is 87.2 Å². The van der Waals surface area contributed by atoms with E-state index in [0.717, 1.165) is 44.6 Å². The van der Waals surface area contributed by atoms with Crippen molar-refractivity contribution in [3.05, 3.63) is 88.6 Å². The summed E-state index contributed by atoms with van der Waals surface area (Å²) in [6.45, 7) is 10.5. The first kappa shape index (κ1) is 21.4. The molecule has 3 N–H and O–H groups in total. The number of aromatic amines is 1. The average molecular weight is 435 g/mol. The van der Waals surface area contributed by atoms with Gasteiger partial charge in [-0.2, -0.15) is 0 Å². The van der Waals surface area contributed by atoms with Gasteiger partial charge in [0.25, 0.3) is 0 Å². The lowest BCUT2D eigenvalue weighted by molar-refractivity contribution is 0.0868. The highest BCUT2D eigenvalue weighted by atomic mass is 16.3. The molecule has 0 radical (unpaired) electrons. The molecule has 1 unspecified atom stereocenters. The number of anilines is 1. The number of hydrogen-bond donors (Lipinski definition) is 3. The summed E-state index contributed by atoms with van der Waals surface area (Å²) in [5.41, 5.74) is 9.47. The third-order valence-corrected chi connectivity index (χ3v) is 7.00. The van der Waals surface area contributed by atoms with E-state index in [1.54, 1.807) is 0 Å². The molecule has 0 fully saturated rings. The van der Waals surface area contributed by atoms with E-state index in [0.29, 0.717) is 0 Å². The Morgan fingerprint density at radius 1 is 0.909 bits per heavy atom. The number of aliphatic hydroxyl groups excluding tert-OH is 1. The van der Waals surface area contributed by atoms with Crippen molar-refractivity contribution in [2.24, 2.45) is 0 Å². The van der Waals surface area contributed by atoms with Crippen LogP contribution >= 0.6 is 0 Å². The van der Waals surface area contributed by atoms with Crippen LogP contribution in [0.15, 0.2) is 60.8 Å². The monoisotopic (exact) mass is 434 g/mol. The molecule has 1 aromatic heterocycles. The Morgan fingerprint density at radius 2 is 1.67 bits per heavy atom. The largest absolute Gasteiger partial charge is 0.390 e. The number of aromatic nitrogens is 1. The van der Waals surface area contributed by atoms with E-state index in [4.69, 9.17) is 0 Å². The average Bonchev–Trinajstić information content (AvgIpc) is 3.19. The van der Waals surface area contributed by atoms with Gasteiger partial charge in [-0.25, -0.2) is 0 Å². The number of para-hydroxylation sites is 1. The van der Waals surface area contributed by atoms with Gasteiger partial charge in [-0.1, -0.05) is 55.2 Å². The highest BCUT2D eigenvalue weighted by Gasteiger charge is 2.40. The van der Waals surface area contributed by atoms with Crippen LogP contribution in [0.3, 0.4) is 0 Å². The Bertz CT molecular complexity index is 1420. The fraction of sp³-hybridized carbons (Fsp3) is 0.267. The molecule has 166 valence electrons. The minimum absolute atomic E-state index is 0.0560. The lowest BCUT2D eigenvalue weighted by Gasteiger charge is -2.43. The zero-order chi connectivity index (χ0) is 23.3. The number of aliphatic hydroxyl groups is 1. The van der Waals surface area contributed by atoms with Crippen molar-refractivity contribution in [3.63, 3.8) is 0 Å². The van der Waals surface area contributed by atoms with Gasteiger partial charge < -0.3 is 15.4 Å². The van der Waals surface area contributed by atoms with E-state index in [1.807, 2.05) is 30.3 Å². The fourth-order valence-electron chi connectivity index (χ4n) is 5.17. The summed E-state index contributed by atoms with van der Waals surface area (Å²) < 4.78 is 0. The number of rotatable bonds is 1. The van der Waals surface area contributed by atoms with Crippen LogP contribution < -0.4 is 5.32 Å². The minimum Gasteiger partial charge on any atom is -0.390 e. The normalized spacial score (nSPS) is 18.8. The van der Waals surface area contributed by atoms with Crippen molar-refractivity contribution < 1.29 is 5.11 Å². The molecule has 0 amide bonds. The highest BCUT2D eigenvalue weighted by Crippen LogP contribution is 2.46. The Kier molecular flexibility index (Phi) is 5.07. The van der Waals surface area contributed by atoms with Gasteiger partial charge in [0, 0.05) is 45.4 Å². The van der Waals surface area contributed by atoms with E-state index in [9.17, 15) is 5.11 Å². The fourth-order valence-corrected chi connectivity index (χ4v) is 5.17. The van der Waals surface area contributed by atoms with Crippen LogP contribution in [0.1, 0.15) is 54.5 Å². The van der Waals surface area contributed by atoms with Crippen molar-refractivity contribution in [1.29, 1.82) is 0 Å². The zero-order valence-electron chi connectivity index (χ0n) is 19.9. The van der Waals surface area contributed by atoms with Crippen LogP contribution in [0.4, 0.5) is 5.69 Å². The molecule has 0 saturated carbocycles. The second kappa shape index (κ2) is 7.83. The molecule has 1 aliphatic heterocycles. The summed E-state index contributed by atoms with van der Waals surface area (Å²) in [7, 11) is 0. The Hall–Kier alpha value is -3.48. The van der Waals surface area contributed by atoms with Gasteiger partial charge >= 0.3 is 0 Å². The molecule has 1 aliphatic rings. The lowest BCUT2D eigenvalue weighted by Crippen LogP contribution is -2.50. The molecule has 0 aliphatic carbocycles. The molecule has 0 bridgehead atoms. The molecule has 2 heterocycles. The number of nitrogens with one attached hydrogen (secondary N) is 2. The summed E-state index contributed by atoms with van der Waals surface area (Å²) >= 11 is 0. The second-order valence-corrected chi connectivity index (χ2v) is 9.80. The topological polar surface area (TPSA) is 48.0 Å². The zero-order valence-corrected chi connectivity index (χ0v) is 19.9. The maximum atomic E-state index is 11.2. The van der Waals surface area contributed by atoms with Crippen LogP contribution in [0.5, 0.6) is 0 Å². The highest BCUT2D eigenvalue weighted by molar-refractivity contribution is 5.98. The van der Waals surface area contributed by atoms with Crippen molar-refractivity contribution in [2.45, 2.75) is 52.2 Å². The number of aryl methyl sites for hydroxylation is 2. The van der Waals surface area contributed by atoms with Crippen molar-refractivity contribution >= 4 is 16.6 Å². The molecular weight excluding hydrogens is 404 g/mol. The van der Waals surface area contributed by atoms with Crippen LogP contribution in [0.25, 0.3) is 22.0 Å². The molecule has 4 aromatic rings. The number of hydrogen-bond acceptors (Lipinski definition) is 2. The third-order valence-electron chi connectivity index (χ3n) is 7.00. The molecule has 3 heteroatoms. The molecule has 3 aromatic carbocycles. The van der Waals surface area contributed by atoms with Gasteiger partial charge in [-0.15, -0.1) is 0 Å². The van der Waals surface area contributed by atoms with Gasteiger partial charge in [-0.05, 0) is 62.6 Å². The second-order valence-electron chi connectivity index (χ2n) is 9.80. The van der Waals surface area contributed by atoms with Crippen molar-refractivity contribution in [2.75, 3.05) is 5.32 Å². The van der Waals surface area contributed by atoms with Gasteiger partial charge in [-0.3, -0.25) is 0 Å². The van der Waals surface area contributed by atoms with E-state index in [-0.39, 0.29) is 5.92 Å². The quantitative estimate of drug-likeness (QED) is 0.299. The molecule has 3 nitrogen and oxygen atoms in total. The number of benzene rings is 3. The smallest absolute Gasteiger partial charge is 0.0831 e. The van der Waals surface area contributed by atoms with Crippen molar-refractivity contribution in [1.82, 2.24) is 4.98 Å². The number of H-pyrrole nitrogens is 1. The van der Waals surface area contributed by atoms with Gasteiger partial charge in [0.05, 0.1) is 17.2 Å². The van der Waals surface area contributed by atoms with Gasteiger partial charge in [0.15, 0.2) is 0 Å². The standard InChI is InChI=1S/C30H30N2O/c1-18-16-25(24-13-9-12-22-19(2)17-31-28(22)24)23(15-14-21-10-7-6-8-11-21)26-20(3)29(33)30(4,5)32-27(18)26/h6-13,16-17,20,29,31-33H,1-5H3/t20-,29?/m0/s1. The molecular formula is C30H30N2O. The molecule has 0 saturated heterocycles. The molecule has 5 rings (SSSR count). The SMILES string of the molecule is Cc1cc(-c2cccc3c(C)c[nH]c23)c(C#Cc2ccccc2)c2c1NC(C)(C)C(O)[C@H]2C. The van der Waals surface area contributed by atoms with Crippen LogP contribution in [-0.2, 0) is 0 Å². The predicted octanol–water partition coefficient (Wildman–Crippen LogP) is 6.52. The first-order valence-corrected chi connectivity index (χ1v) is 11.6. The Labute approximate surface area is 195 Å². The van der Waals surface area contributed by atoms with Gasteiger partial charge in [0.1, 0.15) is 0 Å². The van der Waals surface area contributed by atoms with Crippen LogP contribution in [0.2, 0.25) is 0 Å². The maximum absolute atomic E-state index is 11.2. The predicted molar refractivity (Wildman–Crippen MR) is 138 cm³/mol. The van der Waals surface area contributed by atoms with Crippen LogP contribution in [0, 0.1) is 25.7 Å². The molecule has 33 heavy (non-hydrogen) atoms. The molecule has 0 spiro atoms. The minimum atomic E-state index is -0.527. The summed E-state index contributed by atoms with van der Waals surface area (Å²) in [5.74, 6) is 6.84. The molecule has 2 atom stereocenters. The van der Waals surface area contributed by atoms with Gasteiger partial charge in [0.2, 0.25) is 0 Å². The lowest BCUT2D eigenvalue weighted by atomic mass is 9.75. The summed E-state index contributed by atoms with van der Waals surface area (Å²) in [5, 5.41) is 16.0. The first-order chi connectivity index (χ1) is 15.8. The van der Waals surface area contributed by atoms with E-state index >= 15 is 0 Å². The first-order valence-electron chi connectivity index (χ1n) is 11.6. The summed E-state index contributed by atoms with van der Waals surface area (Å²) in [6.07, 6.45) is 1.53. The summed E-state index contributed by atoms with van der Waals surface area (Å²) in [4.78, 5) is 3.48. The van der Waals surface area contributed by atoms with E-state index in [1.165, 1.54) is 10.9 Å². The van der Waals surface area contributed by atoms with Crippen molar-refractivity contribution in [3.8, 4) is 23.0 Å². The third kappa shape index (κ3) is 3.52. The summed E-state index contributed by atoms with van der Waals surface area (Å²) in [6, 6.07) is 18.7. The Balaban J connectivity index is 1.83. The van der Waals surface area contributed by atoms with E-state index < -0.39 is 11.6 Å². The van der Waals surface area contributed by atoms with Crippen LogP contribution in [-0.4, -0.2) is 21.7 Å². The maximum Gasteiger partial charge on any atom is 0.0831 e.